The molecule has 1 aliphatic heterocycles. The summed E-state index contributed by atoms with van der Waals surface area (Å²) in [4.78, 5) is 20.6. The van der Waals surface area contributed by atoms with E-state index in [1.165, 1.54) is 12.1 Å². The van der Waals surface area contributed by atoms with Gasteiger partial charge in [-0.3, -0.25) is 0 Å². The maximum Gasteiger partial charge on any atom is 0.317 e. The van der Waals surface area contributed by atoms with E-state index in [1.807, 2.05) is 9.42 Å². The third kappa shape index (κ3) is 3.65. The number of hydrogen-bond acceptors (Lipinski definition) is 5. The molecule has 142 valence electrons. The Morgan fingerprint density at radius 3 is 2.96 bits per heavy atom. The second-order valence-corrected chi connectivity index (χ2v) is 7.42. The van der Waals surface area contributed by atoms with Gasteiger partial charge in [0.1, 0.15) is 5.82 Å². The Bertz CT molecular complexity index is 953. The molecule has 3 aromatic rings. The van der Waals surface area contributed by atoms with E-state index < -0.39 is 0 Å². The van der Waals surface area contributed by atoms with Crippen LogP contribution < -0.4 is 5.32 Å². The number of methoxy groups -OCH3 is 1. The predicted octanol–water partition coefficient (Wildman–Crippen LogP) is 2.70. The molecule has 0 saturated heterocycles. The van der Waals surface area contributed by atoms with Crippen molar-refractivity contribution in [3.63, 3.8) is 0 Å². The fourth-order valence-corrected chi connectivity index (χ4v) is 4.22. The molecule has 1 aliphatic rings. The molecule has 3 heterocycles. The number of halogens is 1. The van der Waals surface area contributed by atoms with Gasteiger partial charge in [-0.2, -0.15) is 4.98 Å². The molecule has 1 N–H and O–H groups in total. The van der Waals surface area contributed by atoms with E-state index in [4.69, 9.17) is 4.74 Å². The van der Waals surface area contributed by atoms with Gasteiger partial charge in [0.15, 0.2) is 5.82 Å². The van der Waals surface area contributed by atoms with E-state index in [1.54, 1.807) is 30.6 Å². The Balaban J connectivity index is 1.48. The zero-order chi connectivity index (χ0) is 18.8. The number of ether oxygens (including phenoxy) is 1. The number of fused-ring (bicyclic) bond motifs is 3. The van der Waals surface area contributed by atoms with E-state index >= 15 is 0 Å². The van der Waals surface area contributed by atoms with Crippen molar-refractivity contribution in [1.82, 2.24) is 24.8 Å². The zero-order valence-corrected chi connectivity index (χ0v) is 15.8. The van der Waals surface area contributed by atoms with Crippen molar-refractivity contribution in [3.05, 3.63) is 40.7 Å². The van der Waals surface area contributed by atoms with Crippen LogP contribution in [-0.2, 0) is 17.7 Å². The minimum Gasteiger partial charge on any atom is -0.385 e. The van der Waals surface area contributed by atoms with Crippen LogP contribution >= 0.6 is 11.3 Å². The first-order chi connectivity index (χ1) is 13.2. The zero-order valence-electron chi connectivity index (χ0n) is 14.9. The molecule has 0 bridgehead atoms. The van der Waals surface area contributed by atoms with Gasteiger partial charge in [0.05, 0.1) is 12.2 Å². The van der Waals surface area contributed by atoms with Crippen LogP contribution in [0.5, 0.6) is 0 Å². The lowest BCUT2D eigenvalue weighted by molar-refractivity contribution is 0.182. The van der Waals surface area contributed by atoms with Crippen molar-refractivity contribution in [2.75, 3.05) is 26.8 Å². The standard InChI is InChI=1S/C18H20FN5O2S/c1-26-10-2-8-20-17(25)23-9-7-14-15(11-23)27-18-21-16(22-24(14)18)12-3-5-13(19)6-4-12/h3-6H,2,7-11H2,1H3,(H,20,25). The van der Waals surface area contributed by atoms with Gasteiger partial charge in [0.25, 0.3) is 0 Å². The number of rotatable bonds is 5. The van der Waals surface area contributed by atoms with Crippen molar-refractivity contribution in [2.45, 2.75) is 19.4 Å². The highest BCUT2D eigenvalue weighted by molar-refractivity contribution is 7.17. The quantitative estimate of drug-likeness (QED) is 0.681. The van der Waals surface area contributed by atoms with Crippen LogP contribution in [-0.4, -0.2) is 52.3 Å². The number of amides is 2. The van der Waals surface area contributed by atoms with Gasteiger partial charge in [0.2, 0.25) is 4.96 Å². The molecule has 0 aliphatic carbocycles. The largest absolute Gasteiger partial charge is 0.385 e. The van der Waals surface area contributed by atoms with Gasteiger partial charge in [0, 0.05) is 43.7 Å². The summed E-state index contributed by atoms with van der Waals surface area (Å²) >= 11 is 1.55. The molecule has 1 aromatic carbocycles. The Kier molecular flexibility index (Phi) is 5.04. The number of carbonyl (C=O) groups excluding carboxylic acids is 1. The lowest BCUT2D eigenvalue weighted by Crippen LogP contribution is -2.43. The summed E-state index contributed by atoms with van der Waals surface area (Å²) in [5.74, 6) is 0.306. The van der Waals surface area contributed by atoms with Crippen molar-refractivity contribution in [2.24, 2.45) is 0 Å². The number of nitrogens with zero attached hydrogens (tertiary/aromatic N) is 4. The highest BCUT2D eigenvalue weighted by Crippen LogP contribution is 2.29. The van der Waals surface area contributed by atoms with Crippen LogP contribution in [0.25, 0.3) is 16.3 Å². The van der Waals surface area contributed by atoms with E-state index in [0.29, 0.717) is 32.1 Å². The Morgan fingerprint density at radius 1 is 1.37 bits per heavy atom. The number of nitrogens with one attached hydrogen (secondary N) is 1. The van der Waals surface area contributed by atoms with E-state index in [0.717, 1.165) is 33.9 Å². The summed E-state index contributed by atoms with van der Waals surface area (Å²) < 4.78 is 19.9. The third-order valence-electron chi connectivity index (χ3n) is 4.51. The number of aromatic nitrogens is 3. The van der Waals surface area contributed by atoms with Crippen molar-refractivity contribution in [1.29, 1.82) is 0 Å². The third-order valence-corrected chi connectivity index (χ3v) is 5.57. The first-order valence-electron chi connectivity index (χ1n) is 8.80. The fraction of sp³-hybridized carbons (Fsp3) is 0.389. The number of urea groups is 1. The van der Waals surface area contributed by atoms with Crippen LogP contribution in [0.3, 0.4) is 0 Å². The minimum absolute atomic E-state index is 0.0530. The molecule has 0 radical (unpaired) electrons. The van der Waals surface area contributed by atoms with E-state index in [2.05, 4.69) is 15.4 Å². The summed E-state index contributed by atoms with van der Waals surface area (Å²) in [5.41, 5.74) is 1.88. The maximum atomic E-state index is 13.1. The monoisotopic (exact) mass is 389 g/mol. The Labute approximate surface area is 159 Å². The van der Waals surface area contributed by atoms with Crippen molar-refractivity contribution < 1.29 is 13.9 Å². The SMILES string of the molecule is COCCCNC(=O)N1CCc2c(sc3nc(-c4ccc(F)cc4)nn23)C1. The summed E-state index contributed by atoms with van der Waals surface area (Å²) in [6.07, 6.45) is 1.53. The predicted molar refractivity (Wildman–Crippen MR) is 100 cm³/mol. The molecule has 4 rings (SSSR count). The summed E-state index contributed by atoms with van der Waals surface area (Å²) in [6.45, 7) is 2.44. The highest BCUT2D eigenvalue weighted by atomic mass is 32.1. The molecule has 9 heteroatoms. The second kappa shape index (κ2) is 7.61. The molecular weight excluding hydrogens is 369 g/mol. The molecule has 0 fully saturated rings. The van der Waals surface area contributed by atoms with Gasteiger partial charge >= 0.3 is 6.03 Å². The summed E-state index contributed by atoms with van der Waals surface area (Å²) in [7, 11) is 1.65. The summed E-state index contributed by atoms with van der Waals surface area (Å²) in [6, 6.07) is 6.11. The molecule has 0 unspecified atom stereocenters. The minimum atomic E-state index is -0.280. The lowest BCUT2D eigenvalue weighted by atomic mass is 10.2. The molecule has 7 nitrogen and oxygen atoms in total. The van der Waals surface area contributed by atoms with Crippen LogP contribution in [0, 0.1) is 5.82 Å². The number of thiazole rings is 1. The van der Waals surface area contributed by atoms with Crippen molar-refractivity contribution in [3.8, 4) is 11.4 Å². The molecular formula is C18H20FN5O2S. The Morgan fingerprint density at radius 2 is 2.19 bits per heavy atom. The molecule has 2 aromatic heterocycles. The van der Waals surface area contributed by atoms with Crippen LogP contribution in [0.15, 0.2) is 24.3 Å². The van der Waals surface area contributed by atoms with Gasteiger partial charge in [-0.15, -0.1) is 5.10 Å². The average molecular weight is 389 g/mol. The molecule has 0 saturated carbocycles. The van der Waals surface area contributed by atoms with Gasteiger partial charge in [-0.25, -0.2) is 13.7 Å². The first kappa shape index (κ1) is 17.9. The van der Waals surface area contributed by atoms with Gasteiger partial charge in [-0.05, 0) is 30.7 Å². The average Bonchev–Trinajstić information content (AvgIpc) is 3.23. The fourth-order valence-electron chi connectivity index (χ4n) is 3.11. The number of carbonyl (C=O) groups is 1. The van der Waals surface area contributed by atoms with Crippen LogP contribution in [0.1, 0.15) is 17.0 Å². The van der Waals surface area contributed by atoms with Crippen LogP contribution in [0.2, 0.25) is 0 Å². The Hall–Kier alpha value is -2.52. The van der Waals surface area contributed by atoms with E-state index in [9.17, 15) is 9.18 Å². The normalized spacial score (nSPS) is 13.8. The van der Waals surface area contributed by atoms with Gasteiger partial charge in [-0.1, -0.05) is 11.3 Å². The topological polar surface area (TPSA) is 71.8 Å². The van der Waals surface area contributed by atoms with Crippen molar-refractivity contribution >= 4 is 22.3 Å². The smallest absolute Gasteiger partial charge is 0.317 e. The summed E-state index contributed by atoms with van der Waals surface area (Å²) in [5, 5.41) is 7.51. The maximum absolute atomic E-state index is 13.1. The first-order valence-corrected chi connectivity index (χ1v) is 9.62. The highest BCUT2D eigenvalue weighted by Gasteiger charge is 2.26. The molecule has 2 amide bonds. The van der Waals surface area contributed by atoms with E-state index in [-0.39, 0.29) is 11.8 Å². The number of hydrogen-bond donors (Lipinski definition) is 1. The molecule has 0 spiro atoms. The molecule has 0 atom stereocenters. The molecule has 27 heavy (non-hydrogen) atoms. The number of benzene rings is 1. The van der Waals surface area contributed by atoms with Crippen LogP contribution in [0.4, 0.5) is 9.18 Å². The lowest BCUT2D eigenvalue weighted by Gasteiger charge is -2.26. The van der Waals surface area contributed by atoms with Gasteiger partial charge < -0.3 is 15.0 Å². The second-order valence-electron chi connectivity index (χ2n) is 6.36.